The smallest absolute Gasteiger partial charge is 0.303 e. The lowest BCUT2D eigenvalue weighted by Crippen LogP contribution is -2.34. The number of hydrogen-bond acceptors (Lipinski definition) is 3. The Bertz CT molecular complexity index is 481. The van der Waals surface area contributed by atoms with Crippen LogP contribution in [0.5, 0.6) is 0 Å². The Balaban J connectivity index is 1.78. The molecule has 4 nitrogen and oxygen atoms in total. The van der Waals surface area contributed by atoms with Crippen molar-refractivity contribution in [2.24, 2.45) is 0 Å². The van der Waals surface area contributed by atoms with Crippen LogP contribution in [0.15, 0.2) is 42.5 Å². The van der Waals surface area contributed by atoms with Gasteiger partial charge in [-0.05, 0) is 11.6 Å². The van der Waals surface area contributed by atoms with Crippen LogP contribution < -0.4 is 5.32 Å². The summed E-state index contributed by atoms with van der Waals surface area (Å²) in [6, 6.07) is 9.53. The minimum absolute atomic E-state index is 0.0238. The van der Waals surface area contributed by atoms with Crippen LogP contribution >= 0.6 is 0 Å². The average molecular weight is 259 g/mol. The minimum Gasteiger partial charge on any atom is -0.458 e. The van der Waals surface area contributed by atoms with Crippen LogP contribution in [0, 0.1) is 0 Å². The molecule has 19 heavy (non-hydrogen) atoms. The molecule has 0 spiro atoms. The van der Waals surface area contributed by atoms with Crippen molar-refractivity contribution in [2.45, 2.75) is 31.9 Å². The van der Waals surface area contributed by atoms with Crippen LogP contribution in [-0.2, 0) is 20.7 Å². The lowest BCUT2D eigenvalue weighted by Gasteiger charge is -2.13. The van der Waals surface area contributed by atoms with Crippen molar-refractivity contribution >= 4 is 11.9 Å². The first-order valence-electron chi connectivity index (χ1n) is 6.32. The largest absolute Gasteiger partial charge is 0.458 e. The molecule has 0 saturated carbocycles. The van der Waals surface area contributed by atoms with Crippen molar-refractivity contribution < 1.29 is 14.3 Å². The van der Waals surface area contributed by atoms with Gasteiger partial charge in [0.25, 0.3) is 0 Å². The molecule has 1 aliphatic carbocycles. The zero-order chi connectivity index (χ0) is 13.7. The Labute approximate surface area is 112 Å². The highest BCUT2D eigenvalue weighted by Crippen LogP contribution is 2.14. The number of nitrogens with one attached hydrogen (secondary N) is 1. The monoisotopic (exact) mass is 259 g/mol. The van der Waals surface area contributed by atoms with Gasteiger partial charge in [-0.3, -0.25) is 9.59 Å². The summed E-state index contributed by atoms with van der Waals surface area (Å²) < 4.78 is 5.06. The second kappa shape index (κ2) is 6.18. The van der Waals surface area contributed by atoms with E-state index >= 15 is 0 Å². The zero-order valence-electron chi connectivity index (χ0n) is 10.8. The average Bonchev–Trinajstić information content (AvgIpc) is 2.76. The number of amides is 1. The molecule has 1 N–H and O–H groups in total. The third kappa shape index (κ3) is 4.25. The second-order valence-electron chi connectivity index (χ2n) is 4.60. The predicted molar refractivity (Wildman–Crippen MR) is 71.4 cm³/mol. The van der Waals surface area contributed by atoms with Crippen LogP contribution in [0.25, 0.3) is 0 Å². The molecule has 1 aliphatic rings. The lowest BCUT2D eigenvalue weighted by molar-refractivity contribution is -0.144. The van der Waals surface area contributed by atoms with E-state index in [1.54, 1.807) is 0 Å². The van der Waals surface area contributed by atoms with E-state index < -0.39 is 0 Å². The predicted octanol–water partition coefficient (Wildman–Crippen LogP) is 1.61. The number of carbonyl (C=O) groups is 2. The number of rotatable bonds is 4. The molecule has 1 aromatic carbocycles. The van der Waals surface area contributed by atoms with Crippen molar-refractivity contribution in [3.05, 3.63) is 48.0 Å². The minimum atomic E-state index is -0.300. The molecule has 0 aliphatic heterocycles. The molecule has 0 unspecified atom stereocenters. The van der Waals surface area contributed by atoms with Crippen LogP contribution in [-0.4, -0.2) is 24.0 Å². The summed E-state index contributed by atoms with van der Waals surface area (Å²) in [4.78, 5) is 22.7. The van der Waals surface area contributed by atoms with E-state index in [0.29, 0.717) is 12.8 Å². The SMILES string of the molecule is CC(=O)O[C@@H]1C=C[C@H](NC(=O)Cc2ccccc2)C1. The number of benzene rings is 1. The van der Waals surface area contributed by atoms with Gasteiger partial charge in [-0.1, -0.05) is 36.4 Å². The van der Waals surface area contributed by atoms with Crippen molar-refractivity contribution in [3.63, 3.8) is 0 Å². The first-order chi connectivity index (χ1) is 9.13. The number of ether oxygens (including phenoxy) is 1. The molecule has 0 heterocycles. The van der Waals surface area contributed by atoms with Crippen LogP contribution in [0.2, 0.25) is 0 Å². The molecular formula is C15H17NO3. The molecule has 1 amide bonds. The van der Waals surface area contributed by atoms with Gasteiger partial charge in [-0.15, -0.1) is 0 Å². The van der Waals surface area contributed by atoms with E-state index in [0.717, 1.165) is 5.56 Å². The Hall–Kier alpha value is -2.10. The summed E-state index contributed by atoms with van der Waals surface area (Å²) in [5.41, 5.74) is 0.985. The summed E-state index contributed by atoms with van der Waals surface area (Å²) in [5.74, 6) is -0.324. The van der Waals surface area contributed by atoms with E-state index in [-0.39, 0.29) is 24.0 Å². The van der Waals surface area contributed by atoms with Gasteiger partial charge in [0.05, 0.1) is 12.5 Å². The fraction of sp³-hybridized carbons (Fsp3) is 0.333. The molecule has 100 valence electrons. The van der Waals surface area contributed by atoms with Crippen molar-refractivity contribution in [2.75, 3.05) is 0 Å². The molecule has 0 fully saturated rings. The summed E-state index contributed by atoms with van der Waals surface area (Å²) in [7, 11) is 0. The Kier molecular flexibility index (Phi) is 4.34. The van der Waals surface area contributed by atoms with E-state index in [4.69, 9.17) is 4.74 Å². The Morgan fingerprint density at radius 1 is 1.26 bits per heavy atom. The summed E-state index contributed by atoms with van der Waals surface area (Å²) in [6.07, 6.45) is 4.44. The van der Waals surface area contributed by atoms with Gasteiger partial charge in [0.2, 0.25) is 5.91 Å². The molecule has 0 saturated heterocycles. The van der Waals surface area contributed by atoms with Gasteiger partial charge in [-0.25, -0.2) is 0 Å². The number of carbonyl (C=O) groups excluding carboxylic acids is 2. The second-order valence-corrected chi connectivity index (χ2v) is 4.60. The molecule has 0 radical (unpaired) electrons. The molecule has 0 bridgehead atoms. The standard InChI is InChI=1S/C15H17NO3/c1-11(17)19-14-8-7-13(10-14)16-15(18)9-12-5-3-2-4-6-12/h2-8,13-14H,9-10H2,1H3,(H,16,18)/t13-,14+/m0/s1. The maximum Gasteiger partial charge on any atom is 0.303 e. The Morgan fingerprint density at radius 3 is 2.68 bits per heavy atom. The highest BCUT2D eigenvalue weighted by molar-refractivity contribution is 5.79. The van der Waals surface area contributed by atoms with Gasteiger partial charge >= 0.3 is 5.97 Å². The van der Waals surface area contributed by atoms with Crippen LogP contribution in [0.3, 0.4) is 0 Å². The van der Waals surface area contributed by atoms with E-state index in [1.807, 2.05) is 42.5 Å². The fourth-order valence-electron chi connectivity index (χ4n) is 2.11. The van der Waals surface area contributed by atoms with Crippen LogP contribution in [0.1, 0.15) is 18.9 Å². The van der Waals surface area contributed by atoms with E-state index in [2.05, 4.69) is 5.32 Å². The van der Waals surface area contributed by atoms with Gasteiger partial charge in [0.1, 0.15) is 6.10 Å². The van der Waals surface area contributed by atoms with Crippen molar-refractivity contribution in [3.8, 4) is 0 Å². The maximum atomic E-state index is 11.8. The number of esters is 1. The van der Waals surface area contributed by atoms with E-state index in [1.165, 1.54) is 6.92 Å². The van der Waals surface area contributed by atoms with Gasteiger partial charge in [0.15, 0.2) is 0 Å². The highest BCUT2D eigenvalue weighted by atomic mass is 16.5. The Morgan fingerprint density at radius 2 is 2.00 bits per heavy atom. The maximum absolute atomic E-state index is 11.8. The topological polar surface area (TPSA) is 55.4 Å². The van der Waals surface area contributed by atoms with Gasteiger partial charge in [0, 0.05) is 13.3 Å². The highest BCUT2D eigenvalue weighted by Gasteiger charge is 2.22. The molecule has 2 rings (SSSR count). The van der Waals surface area contributed by atoms with Crippen molar-refractivity contribution in [1.29, 1.82) is 0 Å². The quantitative estimate of drug-likeness (QED) is 0.660. The first kappa shape index (κ1) is 13.3. The van der Waals surface area contributed by atoms with Crippen LogP contribution in [0.4, 0.5) is 0 Å². The normalized spacial score (nSPS) is 21.1. The lowest BCUT2D eigenvalue weighted by atomic mass is 10.1. The zero-order valence-corrected chi connectivity index (χ0v) is 10.8. The van der Waals surface area contributed by atoms with Crippen molar-refractivity contribution in [1.82, 2.24) is 5.32 Å². The summed E-state index contributed by atoms with van der Waals surface area (Å²) >= 11 is 0. The molecule has 2 atom stereocenters. The van der Waals surface area contributed by atoms with E-state index in [9.17, 15) is 9.59 Å². The molecule has 1 aromatic rings. The third-order valence-electron chi connectivity index (χ3n) is 2.92. The number of hydrogen-bond donors (Lipinski definition) is 1. The first-order valence-corrected chi connectivity index (χ1v) is 6.32. The fourth-order valence-corrected chi connectivity index (χ4v) is 2.11. The van der Waals surface area contributed by atoms with Gasteiger partial charge < -0.3 is 10.1 Å². The van der Waals surface area contributed by atoms with Gasteiger partial charge in [-0.2, -0.15) is 0 Å². The summed E-state index contributed by atoms with van der Waals surface area (Å²) in [5, 5.41) is 2.91. The summed E-state index contributed by atoms with van der Waals surface area (Å²) in [6.45, 7) is 1.38. The third-order valence-corrected chi connectivity index (χ3v) is 2.92. The molecular weight excluding hydrogens is 242 g/mol. The molecule has 4 heteroatoms. The molecule has 0 aromatic heterocycles.